The summed E-state index contributed by atoms with van der Waals surface area (Å²) in [6.45, 7) is 2.42. The van der Waals surface area contributed by atoms with E-state index >= 15 is 0 Å². The van der Waals surface area contributed by atoms with E-state index in [4.69, 9.17) is 0 Å². The first-order valence-electron chi connectivity index (χ1n) is 17.5. The molecule has 0 radical (unpaired) electrons. The zero-order chi connectivity index (χ0) is 33.0. The third-order valence-corrected chi connectivity index (χ3v) is 10.4. The van der Waals surface area contributed by atoms with Crippen molar-refractivity contribution in [2.75, 3.05) is 0 Å². The van der Waals surface area contributed by atoms with Crippen LogP contribution >= 0.6 is 0 Å². The van der Waals surface area contributed by atoms with Gasteiger partial charge in [-0.15, -0.1) is 0 Å². The van der Waals surface area contributed by atoms with E-state index in [1.165, 1.54) is 61.2 Å². The molecule has 4 atom stereocenters. The Morgan fingerprint density at radius 1 is 0.429 bits per heavy atom. The lowest BCUT2D eigenvalue weighted by Crippen LogP contribution is -2.50. The number of nitrogens with one attached hydrogen (secondary N) is 1. The van der Waals surface area contributed by atoms with Gasteiger partial charge >= 0.3 is 0 Å². The summed E-state index contributed by atoms with van der Waals surface area (Å²) in [6.07, 6.45) is 1.13. The van der Waals surface area contributed by atoms with Gasteiger partial charge in [-0.25, -0.2) is 0 Å². The molecule has 1 saturated heterocycles. The fourth-order valence-electron chi connectivity index (χ4n) is 7.79. The molecule has 0 aliphatic carbocycles. The Morgan fingerprint density at radius 2 is 0.939 bits per heavy atom. The third-order valence-electron chi connectivity index (χ3n) is 10.4. The molecule has 0 amide bonds. The standard InChI is InChI=1S/C48H41N/c1-34(48(39-25-15-6-16-26-39)47-33-46(49-47)38-23-13-5-14-24-38)40-27-30-43(44(31-40)37-21-11-4-12-22-37)45-32-41(35-17-7-2-8-18-35)28-29-42(45)36-19-9-3-10-20-36/h2-32,34,46-49H,33H2,1H3. The topological polar surface area (TPSA) is 12.0 Å². The first kappa shape index (κ1) is 30.8. The van der Waals surface area contributed by atoms with Crippen molar-refractivity contribution in [2.45, 2.75) is 37.3 Å². The molecular formula is C48H41N. The Balaban J connectivity index is 1.24. The van der Waals surface area contributed by atoms with Crippen LogP contribution in [0.25, 0.3) is 44.5 Å². The highest BCUT2D eigenvalue weighted by Gasteiger charge is 2.39. The predicted molar refractivity (Wildman–Crippen MR) is 207 cm³/mol. The Hall–Kier alpha value is -5.50. The number of rotatable bonds is 9. The summed E-state index contributed by atoms with van der Waals surface area (Å²) in [5.74, 6) is 0.648. The van der Waals surface area contributed by atoms with E-state index in [0.29, 0.717) is 23.9 Å². The normalized spacial score (nSPS) is 16.8. The Morgan fingerprint density at radius 3 is 1.55 bits per heavy atom. The number of hydrogen-bond donors (Lipinski definition) is 1. The molecule has 1 heteroatoms. The molecular weight excluding hydrogens is 591 g/mol. The fourth-order valence-corrected chi connectivity index (χ4v) is 7.79. The highest BCUT2D eigenvalue weighted by molar-refractivity contribution is 5.94. The fraction of sp³-hybridized carbons (Fsp3) is 0.125. The minimum Gasteiger partial charge on any atom is -0.306 e. The molecule has 1 fully saturated rings. The largest absolute Gasteiger partial charge is 0.306 e. The molecule has 49 heavy (non-hydrogen) atoms. The van der Waals surface area contributed by atoms with Crippen molar-refractivity contribution in [2.24, 2.45) is 0 Å². The van der Waals surface area contributed by atoms with Crippen LogP contribution in [0.4, 0.5) is 0 Å². The van der Waals surface area contributed by atoms with Crippen molar-refractivity contribution in [1.82, 2.24) is 5.32 Å². The van der Waals surface area contributed by atoms with Gasteiger partial charge in [0.05, 0.1) is 0 Å². The van der Waals surface area contributed by atoms with Crippen LogP contribution in [0.1, 0.15) is 47.9 Å². The van der Waals surface area contributed by atoms with Crippen LogP contribution in [0.2, 0.25) is 0 Å². The van der Waals surface area contributed by atoms with Crippen molar-refractivity contribution >= 4 is 0 Å². The molecule has 1 nitrogen and oxygen atoms in total. The lowest BCUT2D eigenvalue weighted by molar-refractivity contribution is 0.217. The molecule has 238 valence electrons. The van der Waals surface area contributed by atoms with E-state index in [1.54, 1.807) is 0 Å². The smallest absolute Gasteiger partial charge is 0.0337 e. The SMILES string of the molecule is CC(c1ccc(-c2cc(-c3ccccc3)ccc2-c2ccccc2)c(-c2ccccc2)c1)C(c1ccccc1)C1CC(c2ccccc2)N1. The number of benzene rings is 7. The van der Waals surface area contributed by atoms with Crippen molar-refractivity contribution in [3.8, 4) is 44.5 Å². The molecule has 1 heterocycles. The Bertz CT molecular complexity index is 2120. The van der Waals surface area contributed by atoms with E-state index in [1.807, 2.05) is 0 Å². The maximum absolute atomic E-state index is 3.98. The van der Waals surface area contributed by atoms with Gasteiger partial charge in [-0.2, -0.15) is 0 Å². The zero-order valence-corrected chi connectivity index (χ0v) is 27.9. The quantitative estimate of drug-likeness (QED) is 0.167. The van der Waals surface area contributed by atoms with Crippen LogP contribution < -0.4 is 5.32 Å². The van der Waals surface area contributed by atoms with Gasteiger partial charge in [0.25, 0.3) is 0 Å². The Labute approximate surface area is 291 Å². The minimum absolute atomic E-state index is 0.303. The van der Waals surface area contributed by atoms with Gasteiger partial charge < -0.3 is 5.32 Å². The summed E-state index contributed by atoms with van der Waals surface area (Å²) >= 11 is 0. The first-order chi connectivity index (χ1) is 24.2. The summed E-state index contributed by atoms with van der Waals surface area (Å²) in [5, 5.41) is 3.98. The van der Waals surface area contributed by atoms with E-state index in [0.717, 1.165) is 6.42 Å². The molecule has 7 aromatic rings. The molecule has 1 aliphatic heterocycles. The van der Waals surface area contributed by atoms with Crippen molar-refractivity contribution in [3.05, 3.63) is 205 Å². The Kier molecular flexibility index (Phi) is 8.76. The van der Waals surface area contributed by atoms with Gasteiger partial charge in [-0.05, 0) is 79.6 Å². The lowest BCUT2D eigenvalue weighted by Gasteiger charge is -2.45. The van der Waals surface area contributed by atoms with Crippen LogP contribution in [0.3, 0.4) is 0 Å². The first-order valence-corrected chi connectivity index (χ1v) is 17.5. The molecule has 7 aromatic carbocycles. The molecule has 8 rings (SSSR count). The zero-order valence-electron chi connectivity index (χ0n) is 27.9. The second-order valence-electron chi connectivity index (χ2n) is 13.4. The minimum atomic E-state index is 0.303. The van der Waals surface area contributed by atoms with Crippen LogP contribution in [-0.4, -0.2) is 6.04 Å². The van der Waals surface area contributed by atoms with Crippen molar-refractivity contribution < 1.29 is 0 Å². The molecule has 0 bridgehead atoms. The third kappa shape index (κ3) is 6.38. The summed E-state index contributed by atoms with van der Waals surface area (Å²) in [4.78, 5) is 0. The van der Waals surface area contributed by atoms with Crippen molar-refractivity contribution in [1.29, 1.82) is 0 Å². The van der Waals surface area contributed by atoms with Gasteiger partial charge in [0.15, 0.2) is 0 Å². The summed E-state index contributed by atoms with van der Waals surface area (Å²) in [5.41, 5.74) is 14.0. The average molecular weight is 632 g/mol. The predicted octanol–water partition coefficient (Wildman–Crippen LogP) is 12.3. The summed E-state index contributed by atoms with van der Waals surface area (Å²) in [7, 11) is 0. The van der Waals surface area contributed by atoms with Gasteiger partial charge in [0.2, 0.25) is 0 Å². The molecule has 0 aromatic heterocycles. The second-order valence-corrected chi connectivity index (χ2v) is 13.4. The highest BCUT2D eigenvalue weighted by atomic mass is 15.0. The monoisotopic (exact) mass is 631 g/mol. The van der Waals surface area contributed by atoms with Crippen LogP contribution in [0, 0.1) is 0 Å². The molecule has 0 saturated carbocycles. The van der Waals surface area contributed by atoms with Crippen LogP contribution in [0.15, 0.2) is 188 Å². The van der Waals surface area contributed by atoms with Crippen LogP contribution in [0.5, 0.6) is 0 Å². The second kappa shape index (κ2) is 13.9. The molecule has 0 spiro atoms. The van der Waals surface area contributed by atoms with Gasteiger partial charge in [-0.3, -0.25) is 0 Å². The van der Waals surface area contributed by atoms with E-state index in [2.05, 4.69) is 200 Å². The summed E-state index contributed by atoms with van der Waals surface area (Å²) in [6, 6.07) is 69.4. The van der Waals surface area contributed by atoms with Gasteiger partial charge in [0.1, 0.15) is 0 Å². The van der Waals surface area contributed by atoms with Crippen LogP contribution in [-0.2, 0) is 0 Å². The van der Waals surface area contributed by atoms with E-state index in [9.17, 15) is 0 Å². The van der Waals surface area contributed by atoms with Gasteiger partial charge in [-0.1, -0.05) is 189 Å². The summed E-state index contributed by atoms with van der Waals surface area (Å²) < 4.78 is 0. The van der Waals surface area contributed by atoms with E-state index < -0.39 is 0 Å². The molecule has 1 aliphatic rings. The molecule has 1 N–H and O–H groups in total. The van der Waals surface area contributed by atoms with E-state index in [-0.39, 0.29) is 0 Å². The average Bonchev–Trinajstić information content (AvgIpc) is 3.17. The van der Waals surface area contributed by atoms with Crippen molar-refractivity contribution in [3.63, 3.8) is 0 Å². The molecule has 4 unspecified atom stereocenters. The number of hydrogen-bond acceptors (Lipinski definition) is 1. The van der Waals surface area contributed by atoms with Gasteiger partial charge in [0, 0.05) is 18.0 Å². The lowest BCUT2D eigenvalue weighted by atomic mass is 9.71. The highest BCUT2D eigenvalue weighted by Crippen LogP contribution is 2.46. The maximum atomic E-state index is 3.98. The maximum Gasteiger partial charge on any atom is 0.0337 e.